The van der Waals surface area contributed by atoms with E-state index in [2.05, 4.69) is 10.1 Å². The smallest absolute Gasteiger partial charge is 0.413 e. The Bertz CT molecular complexity index is 849. The molecule has 148 valence electrons. The highest BCUT2D eigenvalue weighted by atomic mass is 16.5. The third-order valence-corrected chi connectivity index (χ3v) is 4.99. The molecular weight excluding hydrogens is 346 g/mol. The predicted molar refractivity (Wildman–Crippen MR) is 103 cm³/mol. The van der Waals surface area contributed by atoms with E-state index in [1.807, 2.05) is 34.6 Å². The lowest BCUT2D eigenvalue weighted by molar-refractivity contribution is 0.0115. The van der Waals surface area contributed by atoms with Crippen LogP contribution in [0, 0.1) is 0 Å². The molecule has 27 heavy (non-hydrogen) atoms. The standard InChI is InChI=1S/C19H29N5O3/c1-18(2,3)24(17(25)26)16-14-15(21-13(11-20-14)12-7-8-12)23(22-16)10-9-19(4,5)27-6/h11-12H,7-10H2,1-6H3,(H,25,26). The number of amides is 1. The van der Waals surface area contributed by atoms with Gasteiger partial charge in [-0.25, -0.2) is 19.4 Å². The molecule has 1 amide bonds. The molecule has 8 heteroatoms. The SMILES string of the molecule is COC(C)(C)CCn1nc(N(C(=O)O)C(C)(C)C)c2ncc(C3CC3)nc21. The molecule has 2 aromatic rings. The van der Waals surface area contributed by atoms with Gasteiger partial charge in [0.25, 0.3) is 0 Å². The van der Waals surface area contributed by atoms with Gasteiger partial charge in [-0.2, -0.15) is 5.10 Å². The van der Waals surface area contributed by atoms with Crippen molar-refractivity contribution < 1.29 is 14.6 Å². The van der Waals surface area contributed by atoms with Gasteiger partial charge in [0.1, 0.15) is 0 Å². The van der Waals surface area contributed by atoms with Crippen molar-refractivity contribution in [2.24, 2.45) is 0 Å². The number of rotatable bonds is 6. The number of hydrogen-bond acceptors (Lipinski definition) is 5. The van der Waals surface area contributed by atoms with E-state index >= 15 is 0 Å². The monoisotopic (exact) mass is 375 g/mol. The van der Waals surface area contributed by atoms with Crippen LogP contribution in [0.25, 0.3) is 11.2 Å². The second kappa shape index (κ2) is 6.74. The summed E-state index contributed by atoms with van der Waals surface area (Å²) in [5, 5.41) is 14.4. The number of carboxylic acid groups (broad SMARTS) is 1. The van der Waals surface area contributed by atoms with Crippen LogP contribution in [-0.4, -0.2) is 49.2 Å². The second-order valence-electron chi connectivity index (χ2n) is 8.79. The number of ether oxygens (including phenoxy) is 1. The lowest BCUT2D eigenvalue weighted by Gasteiger charge is -2.31. The van der Waals surface area contributed by atoms with Gasteiger partial charge in [0.15, 0.2) is 17.0 Å². The Kier molecular flexibility index (Phi) is 4.88. The molecule has 0 radical (unpaired) electrons. The summed E-state index contributed by atoms with van der Waals surface area (Å²) in [6.45, 7) is 10.1. The minimum atomic E-state index is -1.06. The molecule has 2 heterocycles. The average Bonchev–Trinajstić information content (AvgIpc) is 3.35. The van der Waals surface area contributed by atoms with Gasteiger partial charge in [0, 0.05) is 31.3 Å². The minimum absolute atomic E-state index is 0.309. The summed E-state index contributed by atoms with van der Waals surface area (Å²) < 4.78 is 7.28. The summed E-state index contributed by atoms with van der Waals surface area (Å²) in [6.07, 6.45) is 3.68. The quantitative estimate of drug-likeness (QED) is 0.825. The van der Waals surface area contributed by atoms with E-state index in [4.69, 9.17) is 9.72 Å². The number of hydrogen-bond donors (Lipinski definition) is 1. The van der Waals surface area contributed by atoms with Gasteiger partial charge in [-0.3, -0.25) is 4.90 Å². The van der Waals surface area contributed by atoms with E-state index in [1.165, 1.54) is 4.90 Å². The molecule has 1 fully saturated rings. The fourth-order valence-electron chi connectivity index (χ4n) is 2.99. The van der Waals surface area contributed by atoms with Gasteiger partial charge in [0.05, 0.1) is 11.3 Å². The second-order valence-corrected chi connectivity index (χ2v) is 8.79. The number of aryl methyl sites for hydroxylation is 1. The van der Waals surface area contributed by atoms with Crippen LogP contribution >= 0.6 is 0 Å². The van der Waals surface area contributed by atoms with Crippen molar-refractivity contribution in [3.05, 3.63) is 11.9 Å². The van der Waals surface area contributed by atoms with Crippen LogP contribution in [0.1, 0.15) is 65.5 Å². The Morgan fingerprint density at radius 2 is 2.00 bits per heavy atom. The Morgan fingerprint density at radius 3 is 2.52 bits per heavy atom. The molecule has 0 saturated heterocycles. The molecule has 8 nitrogen and oxygen atoms in total. The van der Waals surface area contributed by atoms with Crippen molar-refractivity contribution >= 4 is 23.1 Å². The van der Waals surface area contributed by atoms with Gasteiger partial charge >= 0.3 is 6.09 Å². The summed E-state index contributed by atoms with van der Waals surface area (Å²) in [4.78, 5) is 22.6. The fraction of sp³-hybridized carbons (Fsp3) is 0.684. The van der Waals surface area contributed by atoms with Crippen molar-refractivity contribution in [1.29, 1.82) is 0 Å². The zero-order valence-electron chi connectivity index (χ0n) is 17.0. The van der Waals surface area contributed by atoms with E-state index in [-0.39, 0.29) is 5.60 Å². The zero-order chi connectivity index (χ0) is 20.0. The van der Waals surface area contributed by atoms with Crippen molar-refractivity contribution in [2.75, 3.05) is 12.0 Å². The third kappa shape index (κ3) is 4.05. The van der Waals surface area contributed by atoms with Crippen LogP contribution in [0.15, 0.2) is 6.20 Å². The highest BCUT2D eigenvalue weighted by Crippen LogP contribution is 2.40. The number of fused-ring (bicyclic) bond motifs is 1. The molecule has 3 rings (SSSR count). The molecule has 0 spiro atoms. The van der Waals surface area contributed by atoms with Crippen molar-refractivity contribution in [1.82, 2.24) is 19.7 Å². The zero-order valence-corrected chi connectivity index (χ0v) is 17.0. The van der Waals surface area contributed by atoms with Crippen molar-refractivity contribution in [3.63, 3.8) is 0 Å². The molecule has 1 N–H and O–H groups in total. The third-order valence-electron chi connectivity index (χ3n) is 4.99. The van der Waals surface area contributed by atoms with Crippen LogP contribution in [0.4, 0.5) is 10.6 Å². The van der Waals surface area contributed by atoms with E-state index in [1.54, 1.807) is 18.0 Å². The number of aromatic nitrogens is 4. The summed E-state index contributed by atoms with van der Waals surface area (Å²) in [5.74, 6) is 0.789. The van der Waals surface area contributed by atoms with Crippen molar-refractivity contribution in [3.8, 4) is 0 Å². The van der Waals surface area contributed by atoms with Gasteiger partial charge in [0.2, 0.25) is 0 Å². The summed E-state index contributed by atoms with van der Waals surface area (Å²) >= 11 is 0. The first-order valence-corrected chi connectivity index (χ1v) is 9.35. The maximum absolute atomic E-state index is 12.0. The molecule has 0 aromatic carbocycles. The maximum Gasteiger partial charge on any atom is 0.413 e. The van der Waals surface area contributed by atoms with Gasteiger partial charge in [-0.05, 0) is 53.9 Å². The highest BCUT2D eigenvalue weighted by molar-refractivity contribution is 5.96. The normalized spacial score (nSPS) is 15.3. The Labute approximate surface area is 159 Å². The lowest BCUT2D eigenvalue weighted by Crippen LogP contribution is -2.45. The fourth-order valence-corrected chi connectivity index (χ4v) is 2.99. The largest absolute Gasteiger partial charge is 0.465 e. The average molecular weight is 375 g/mol. The van der Waals surface area contributed by atoms with Crippen LogP contribution in [-0.2, 0) is 11.3 Å². The van der Waals surface area contributed by atoms with Crippen molar-refractivity contribution in [2.45, 2.75) is 77.5 Å². The number of anilines is 1. The van der Waals surface area contributed by atoms with E-state index in [0.717, 1.165) is 25.0 Å². The maximum atomic E-state index is 12.0. The first-order valence-electron chi connectivity index (χ1n) is 9.35. The number of carbonyl (C=O) groups is 1. The minimum Gasteiger partial charge on any atom is -0.465 e. The van der Waals surface area contributed by atoms with Crippen LogP contribution in [0.5, 0.6) is 0 Å². The van der Waals surface area contributed by atoms with Gasteiger partial charge in [-0.15, -0.1) is 0 Å². The van der Waals surface area contributed by atoms with Gasteiger partial charge < -0.3 is 9.84 Å². The Balaban J connectivity index is 2.09. The molecule has 0 atom stereocenters. The molecule has 1 aliphatic rings. The lowest BCUT2D eigenvalue weighted by atomic mass is 10.1. The first kappa shape index (κ1) is 19.5. The summed E-state index contributed by atoms with van der Waals surface area (Å²) in [7, 11) is 1.68. The number of methoxy groups -OCH3 is 1. The van der Waals surface area contributed by atoms with E-state index in [0.29, 0.717) is 29.4 Å². The molecule has 0 unspecified atom stereocenters. The van der Waals surface area contributed by atoms with Gasteiger partial charge in [-0.1, -0.05) is 0 Å². The Hall–Kier alpha value is -2.22. The molecule has 0 bridgehead atoms. The topological polar surface area (TPSA) is 93.4 Å². The Morgan fingerprint density at radius 1 is 1.33 bits per heavy atom. The molecule has 1 aliphatic carbocycles. The number of nitrogens with zero attached hydrogens (tertiary/aromatic N) is 5. The van der Waals surface area contributed by atoms with Crippen LogP contribution < -0.4 is 4.90 Å². The molecule has 0 aliphatic heterocycles. The molecule has 1 saturated carbocycles. The predicted octanol–water partition coefficient (Wildman–Crippen LogP) is 3.80. The van der Waals surface area contributed by atoms with Crippen LogP contribution in [0.3, 0.4) is 0 Å². The molecule has 2 aromatic heterocycles. The highest BCUT2D eigenvalue weighted by Gasteiger charge is 2.34. The van der Waals surface area contributed by atoms with Crippen LogP contribution in [0.2, 0.25) is 0 Å². The van der Waals surface area contributed by atoms with E-state index in [9.17, 15) is 9.90 Å². The first-order chi connectivity index (χ1) is 12.5. The summed E-state index contributed by atoms with van der Waals surface area (Å²) in [5.41, 5.74) is 1.15. The van der Waals surface area contributed by atoms with E-state index < -0.39 is 11.6 Å². The molecular formula is C19H29N5O3. The summed E-state index contributed by atoms with van der Waals surface area (Å²) in [6, 6.07) is 0.